The summed E-state index contributed by atoms with van der Waals surface area (Å²) in [6, 6.07) is 18.2. The maximum absolute atomic E-state index is 13.3. The number of aryl methyl sites for hydroxylation is 1. The van der Waals surface area contributed by atoms with E-state index in [0.29, 0.717) is 25.3 Å². The number of carbonyl (C=O) groups is 1. The highest BCUT2D eigenvalue weighted by atomic mass is 32.2. The number of benzene rings is 3. The van der Waals surface area contributed by atoms with Gasteiger partial charge in [-0.2, -0.15) is 0 Å². The molecule has 0 aliphatic carbocycles. The average molecular weight is 491 g/mol. The van der Waals surface area contributed by atoms with Gasteiger partial charge in [0, 0.05) is 31.8 Å². The van der Waals surface area contributed by atoms with E-state index in [9.17, 15) is 13.2 Å². The molecule has 1 amide bonds. The highest BCUT2D eigenvalue weighted by molar-refractivity contribution is 7.89. The van der Waals surface area contributed by atoms with Crippen molar-refractivity contribution in [2.75, 3.05) is 27.2 Å². The Kier molecular flexibility index (Phi) is 5.82. The summed E-state index contributed by atoms with van der Waals surface area (Å²) in [6.07, 6.45) is 0. The zero-order valence-corrected chi connectivity index (χ0v) is 20.6. The summed E-state index contributed by atoms with van der Waals surface area (Å²) in [5.41, 5.74) is 5.31. The van der Waals surface area contributed by atoms with E-state index in [-0.39, 0.29) is 10.8 Å². The van der Waals surface area contributed by atoms with Crippen molar-refractivity contribution in [3.63, 3.8) is 0 Å². The van der Waals surface area contributed by atoms with E-state index in [0.717, 1.165) is 43.6 Å². The number of H-pyrrole nitrogens is 1. The monoisotopic (exact) mass is 490 g/mol. The van der Waals surface area contributed by atoms with Crippen LogP contribution in [-0.4, -0.2) is 60.7 Å². The van der Waals surface area contributed by atoms with Crippen molar-refractivity contribution in [2.45, 2.75) is 18.4 Å². The minimum Gasteiger partial charge on any atom is -0.491 e. The van der Waals surface area contributed by atoms with E-state index in [1.165, 1.54) is 26.2 Å². The Hall–Kier alpha value is -3.69. The molecule has 1 aromatic heterocycles. The molecule has 1 aliphatic rings. The van der Waals surface area contributed by atoms with Gasteiger partial charge in [0.25, 0.3) is 5.91 Å². The summed E-state index contributed by atoms with van der Waals surface area (Å²) < 4.78 is 31.7. The van der Waals surface area contributed by atoms with E-state index in [1.54, 1.807) is 17.0 Å². The third-order valence-electron chi connectivity index (χ3n) is 6.14. The Balaban J connectivity index is 1.41. The molecule has 2 heterocycles. The van der Waals surface area contributed by atoms with Gasteiger partial charge in [0.15, 0.2) is 0 Å². The number of imidazole rings is 1. The molecular formula is C26H26N4O4S. The van der Waals surface area contributed by atoms with E-state index in [4.69, 9.17) is 4.74 Å². The number of fused-ring (bicyclic) bond motifs is 2. The summed E-state index contributed by atoms with van der Waals surface area (Å²) in [6.45, 7) is 3.13. The first-order chi connectivity index (χ1) is 16.7. The van der Waals surface area contributed by atoms with E-state index >= 15 is 0 Å². The predicted octanol–water partition coefficient (Wildman–Crippen LogP) is 3.82. The van der Waals surface area contributed by atoms with Crippen molar-refractivity contribution in [2.24, 2.45) is 0 Å². The minimum absolute atomic E-state index is 0.151. The van der Waals surface area contributed by atoms with E-state index in [1.807, 2.05) is 31.2 Å². The molecule has 4 aromatic rings. The van der Waals surface area contributed by atoms with Crippen molar-refractivity contribution in [3.05, 3.63) is 77.6 Å². The van der Waals surface area contributed by atoms with Crippen molar-refractivity contribution in [3.8, 4) is 16.9 Å². The number of hydrogen-bond acceptors (Lipinski definition) is 5. The van der Waals surface area contributed by atoms with Crippen LogP contribution in [0.3, 0.4) is 0 Å². The molecule has 0 bridgehead atoms. The number of amides is 1. The molecule has 8 nitrogen and oxygen atoms in total. The van der Waals surface area contributed by atoms with Gasteiger partial charge in [-0.05, 0) is 66.6 Å². The topological polar surface area (TPSA) is 95.6 Å². The van der Waals surface area contributed by atoms with Crippen molar-refractivity contribution < 1.29 is 17.9 Å². The fraction of sp³-hybridized carbons (Fsp3) is 0.231. The SMILES string of the molecule is Cc1nc2ccc(-c3ccc4c(c3)CN(C(=O)c3ccc(S(=O)(=O)N(C)C)cc3)CCO4)cc2[nH]1. The molecule has 180 valence electrons. The lowest BCUT2D eigenvalue weighted by Gasteiger charge is -2.20. The van der Waals surface area contributed by atoms with Gasteiger partial charge in [-0.3, -0.25) is 4.79 Å². The summed E-state index contributed by atoms with van der Waals surface area (Å²) in [5, 5.41) is 0. The van der Waals surface area contributed by atoms with Crippen LogP contribution in [0.1, 0.15) is 21.7 Å². The summed E-state index contributed by atoms with van der Waals surface area (Å²) in [7, 11) is -0.596. The Morgan fingerprint density at radius 2 is 1.74 bits per heavy atom. The standard InChI is InChI=1S/C26H26N4O4S/c1-17-27-23-10-6-20(15-24(23)28-17)19-7-11-25-21(14-19)16-30(12-13-34-25)26(31)18-4-8-22(9-5-18)35(32,33)29(2)3/h4-11,14-15H,12-13,16H2,1-3H3,(H,27,28). The fourth-order valence-electron chi connectivity index (χ4n) is 4.23. The van der Waals surface area contributed by atoms with Crippen LogP contribution >= 0.6 is 0 Å². The van der Waals surface area contributed by atoms with Crippen LogP contribution in [0.5, 0.6) is 5.75 Å². The van der Waals surface area contributed by atoms with Crippen LogP contribution in [0.25, 0.3) is 22.2 Å². The molecular weight excluding hydrogens is 464 g/mol. The molecule has 0 fully saturated rings. The van der Waals surface area contributed by atoms with Gasteiger partial charge < -0.3 is 14.6 Å². The second-order valence-corrected chi connectivity index (χ2v) is 10.9. The first-order valence-corrected chi connectivity index (χ1v) is 12.7. The van der Waals surface area contributed by atoms with Crippen molar-refractivity contribution in [1.82, 2.24) is 19.2 Å². The van der Waals surface area contributed by atoms with Gasteiger partial charge in [0.2, 0.25) is 10.0 Å². The molecule has 9 heteroatoms. The third-order valence-corrected chi connectivity index (χ3v) is 7.97. The minimum atomic E-state index is -3.55. The average Bonchev–Trinajstić information content (AvgIpc) is 3.09. The van der Waals surface area contributed by atoms with Crippen LogP contribution in [0.2, 0.25) is 0 Å². The number of nitrogens with one attached hydrogen (secondary N) is 1. The van der Waals surface area contributed by atoms with Crippen molar-refractivity contribution in [1.29, 1.82) is 0 Å². The molecule has 3 aromatic carbocycles. The molecule has 0 radical (unpaired) electrons. The second kappa shape index (κ2) is 8.83. The molecule has 1 aliphatic heterocycles. The molecule has 0 saturated heterocycles. The number of hydrogen-bond donors (Lipinski definition) is 1. The number of aromatic nitrogens is 2. The summed E-state index contributed by atoms with van der Waals surface area (Å²) >= 11 is 0. The number of sulfonamides is 1. The molecule has 0 spiro atoms. The first kappa shape index (κ1) is 23.1. The van der Waals surface area contributed by atoms with E-state index in [2.05, 4.69) is 22.1 Å². The number of carbonyl (C=O) groups excluding carboxylic acids is 1. The van der Waals surface area contributed by atoms with Crippen LogP contribution in [-0.2, 0) is 16.6 Å². The zero-order valence-electron chi connectivity index (χ0n) is 19.8. The predicted molar refractivity (Wildman–Crippen MR) is 134 cm³/mol. The molecule has 5 rings (SSSR count). The number of ether oxygens (including phenoxy) is 1. The van der Waals surface area contributed by atoms with Crippen LogP contribution < -0.4 is 4.74 Å². The lowest BCUT2D eigenvalue weighted by molar-refractivity contribution is 0.0733. The van der Waals surface area contributed by atoms with Crippen LogP contribution in [0, 0.1) is 6.92 Å². The third kappa shape index (κ3) is 4.40. The highest BCUT2D eigenvalue weighted by Gasteiger charge is 2.23. The number of nitrogens with zero attached hydrogens (tertiary/aromatic N) is 3. The molecule has 1 N–H and O–H groups in total. The van der Waals surface area contributed by atoms with Gasteiger partial charge in [0.05, 0.1) is 22.5 Å². The Morgan fingerprint density at radius 3 is 2.49 bits per heavy atom. The van der Waals surface area contributed by atoms with Crippen LogP contribution in [0.4, 0.5) is 0 Å². The lowest BCUT2D eigenvalue weighted by atomic mass is 10.0. The Morgan fingerprint density at radius 1 is 1.03 bits per heavy atom. The van der Waals surface area contributed by atoms with Gasteiger partial charge in [-0.25, -0.2) is 17.7 Å². The zero-order chi connectivity index (χ0) is 24.7. The first-order valence-electron chi connectivity index (χ1n) is 11.3. The van der Waals surface area contributed by atoms with Crippen molar-refractivity contribution >= 4 is 27.0 Å². The van der Waals surface area contributed by atoms with Gasteiger partial charge in [-0.15, -0.1) is 0 Å². The highest BCUT2D eigenvalue weighted by Crippen LogP contribution is 2.31. The number of aromatic amines is 1. The summed E-state index contributed by atoms with van der Waals surface area (Å²) in [4.78, 5) is 22.9. The smallest absolute Gasteiger partial charge is 0.254 e. The van der Waals surface area contributed by atoms with Crippen LogP contribution in [0.15, 0.2) is 65.6 Å². The molecule has 35 heavy (non-hydrogen) atoms. The maximum Gasteiger partial charge on any atom is 0.254 e. The second-order valence-electron chi connectivity index (χ2n) is 8.76. The molecule has 0 saturated carbocycles. The fourth-order valence-corrected chi connectivity index (χ4v) is 5.13. The van der Waals surface area contributed by atoms with Gasteiger partial charge in [-0.1, -0.05) is 12.1 Å². The van der Waals surface area contributed by atoms with Gasteiger partial charge >= 0.3 is 0 Å². The van der Waals surface area contributed by atoms with Gasteiger partial charge in [0.1, 0.15) is 18.2 Å². The Bertz CT molecular complexity index is 1530. The normalized spacial score (nSPS) is 14.0. The summed E-state index contributed by atoms with van der Waals surface area (Å²) in [5.74, 6) is 1.46. The quantitative estimate of drug-likeness (QED) is 0.469. The Labute approximate surface area is 204 Å². The molecule has 0 atom stereocenters. The van der Waals surface area contributed by atoms with E-state index < -0.39 is 10.0 Å². The number of rotatable bonds is 4. The molecule has 0 unspecified atom stereocenters. The maximum atomic E-state index is 13.3. The lowest BCUT2D eigenvalue weighted by Crippen LogP contribution is -2.32. The largest absolute Gasteiger partial charge is 0.491 e.